The van der Waals surface area contributed by atoms with Crippen molar-refractivity contribution in [3.05, 3.63) is 70.0 Å². The standard InChI is InChI=1S/C18H19FO/c1-12-8-16(11-17(19)9-12)18(20)15-7-6-13-4-2-3-5-14(13)10-15/h6-11,18,20H,2-5H2,1H3. The van der Waals surface area contributed by atoms with E-state index in [9.17, 15) is 9.50 Å². The first kappa shape index (κ1) is 13.3. The Morgan fingerprint density at radius 3 is 2.45 bits per heavy atom. The van der Waals surface area contributed by atoms with Crippen molar-refractivity contribution >= 4 is 0 Å². The van der Waals surface area contributed by atoms with Crippen LogP contribution in [0.1, 0.15) is 46.8 Å². The zero-order valence-corrected chi connectivity index (χ0v) is 11.7. The van der Waals surface area contributed by atoms with Crippen LogP contribution in [0.25, 0.3) is 0 Å². The molecule has 2 aromatic carbocycles. The number of rotatable bonds is 2. The summed E-state index contributed by atoms with van der Waals surface area (Å²) in [6.07, 6.45) is 3.92. The molecule has 1 N–H and O–H groups in total. The number of aliphatic hydroxyl groups is 1. The molecule has 1 unspecified atom stereocenters. The van der Waals surface area contributed by atoms with Gasteiger partial charge in [0, 0.05) is 0 Å². The van der Waals surface area contributed by atoms with Gasteiger partial charge in [0.15, 0.2) is 0 Å². The van der Waals surface area contributed by atoms with Crippen molar-refractivity contribution < 1.29 is 9.50 Å². The first-order chi connectivity index (χ1) is 9.63. The molecular weight excluding hydrogens is 251 g/mol. The molecule has 0 saturated carbocycles. The van der Waals surface area contributed by atoms with Gasteiger partial charge in [-0.1, -0.05) is 24.3 Å². The number of aryl methyl sites for hydroxylation is 3. The fourth-order valence-electron chi connectivity index (χ4n) is 3.04. The number of aliphatic hydroxyl groups excluding tert-OH is 1. The van der Waals surface area contributed by atoms with Gasteiger partial charge in [0.25, 0.3) is 0 Å². The van der Waals surface area contributed by atoms with Gasteiger partial charge in [-0.15, -0.1) is 0 Å². The number of fused-ring (bicyclic) bond motifs is 1. The maximum Gasteiger partial charge on any atom is 0.123 e. The number of hydrogen-bond acceptors (Lipinski definition) is 1. The zero-order chi connectivity index (χ0) is 14.1. The topological polar surface area (TPSA) is 20.2 Å². The average Bonchev–Trinajstić information content (AvgIpc) is 2.45. The van der Waals surface area contributed by atoms with Gasteiger partial charge >= 0.3 is 0 Å². The van der Waals surface area contributed by atoms with E-state index in [-0.39, 0.29) is 5.82 Å². The fourth-order valence-corrected chi connectivity index (χ4v) is 3.04. The molecule has 3 rings (SSSR count). The van der Waals surface area contributed by atoms with Crippen LogP contribution in [0.15, 0.2) is 36.4 Å². The van der Waals surface area contributed by atoms with Crippen LogP contribution in [0.2, 0.25) is 0 Å². The Balaban J connectivity index is 1.95. The van der Waals surface area contributed by atoms with Gasteiger partial charge in [-0.3, -0.25) is 0 Å². The molecule has 0 saturated heterocycles. The van der Waals surface area contributed by atoms with E-state index >= 15 is 0 Å². The van der Waals surface area contributed by atoms with Gasteiger partial charge < -0.3 is 5.11 Å². The van der Waals surface area contributed by atoms with Crippen LogP contribution in [0, 0.1) is 12.7 Å². The van der Waals surface area contributed by atoms with Crippen molar-refractivity contribution in [2.75, 3.05) is 0 Å². The van der Waals surface area contributed by atoms with Crippen molar-refractivity contribution in [2.24, 2.45) is 0 Å². The molecule has 1 aliphatic rings. The first-order valence-corrected chi connectivity index (χ1v) is 7.20. The lowest BCUT2D eigenvalue weighted by atomic mass is 9.88. The number of benzene rings is 2. The van der Waals surface area contributed by atoms with Gasteiger partial charge in [-0.2, -0.15) is 0 Å². The third-order valence-corrected chi connectivity index (χ3v) is 4.07. The lowest BCUT2D eigenvalue weighted by Gasteiger charge is -2.19. The van der Waals surface area contributed by atoms with Crippen molar-refractivity contribution in [2.45, 2.75) is 38.7 Å². The molecule has 0 heterocycles. The second-order valence-corrected chi connectivity index (χ2v) is 5.70. The molecule has 1 aliphatic carbocycles. The monoisotopic (exact) mass is 270 g/mol. The van der Waals surface area contributed by atoms with Crippen molar-refractivity contribution in [3.63, 3.8) is 0 Å². The molecule has 1 nitrogen and oxygen atoms in total. The van der Waals surface area contributed by atoms with E-state index in [1.165, 1.54) is 36.1 Å². The second kappa shape index (κ2) is 5.37. The van der Waals surface area contributed by atoms with Crippen molar-refractivity contribution in [3.8, 4) is 0 Å². The molecule has 0 bridgehead atoms. The van der Waals surface area contributed by atoms with E-state index in [0.29, 0.717) is 5.56 Å². The zero-order valence-electron chi connectivity index (χ0n) is 11.7. The van der Waals surface area contributed by atoms with Gasteiger partial charge in [0.05, 0.1) is 0 Å². The summed E-state index contributed by atoms with van der Waals surface area (Å²) in [5.41, 5.74) is 5.04. The lowest BCUT2D eigenvalue weighted by molar-refractivity contribution is 0.219. The molecule has 0 fully saturated rings. The Morgan fingerprint density at radius 2 is 1.70 bits per heavy atom. The number of hydrogen-bond donors (Lipinski definition) is 1. The van der Waals surface area contributed by atoms with Gasteiger partial charge in [-0.25, -0.2) is 4.39 Å². The molecule has 0 aromatic heterocycles. The highest BCUT2D eigenvalue weighted by atomic mass is 19.1. The molecule has 0 aliphatic heterocycles. The van der Waals surface area contributed by atoms with E-state index in [1.807, 2.05) is 19.1 Å². The summed E-state index contributed by atoms with van der Waals surface area (Å²) in [6.45, 7) is 1.84. The molecule has 20 heavy (non-hydrogen) atoms. The fraction of sp³-hybridized carbons (Fsp3) is 0.333. The van der Waals surface area contributed by atoms with Crippen LogP contribution in [-0.4, -0.2) is 5.11 Å². The Kier molecular flexibility index (Phi) is 3.58. The second-order valence-electron chi connectivity index (χ2n) is 5.70. The normalized spacial score (nSPS) is 15.8. The van der Waals surface area contributed by atoms with E-state index in [1.54, 1.807) is 0 Å². The molecule has 2 aromatic rings. The van der Waals surface area contributed by atoms with Gasteiger partial charge in [0.2, 0.25) is 0 Å². The molecule has 0 amide bonds. The summed E-state index contributed by atoms with van der Waals surface area (Å²) >= 11 is 0. The smallest absolute Gasteiger partial charge is 0.123 e. The van der Waals surface area contributed by atoms with Crippen molar-refractivity contribution in [1.29, 1.82) is 0 Å². The van der Waals surface area contributed by atoms with Crippen molar-refractivity contribution in [1.82, 2.24) is 0 Å². The van der Waals surface area contributed by atoms with Crippen LogP contribution in [0.5, 0.6) is 0 Å². The summed E-state index contributed by atoms with van der Waals surface area (Å²) in [4.78, 5) is 0. The summed E-state index contributed by atoms with van der Waals surface area (Å²) in [6, 6.07) is 10.9. The minimum Gasteiger partial charge on any atom is -0.384 e. The highest BCUT2D eigenvalue weighted by Gasteiger charge is 2.15. The van der Waals surface area contributed by atoms with Crippen LogP contribution >= 0.6 is 0 Å². The van der Waals surface area contributed by atoms with E-state index in [4.69, 9.17) is 0 Å². The largest absolute Gasteiger partial charge is 0.384 e. The Labute approximate surface area is 119 Å². The Morgan fingerprint density at radius 1 is 0.950 bits per heavy atom. The summed E-state index contributed by atoms with van der Waals surface area (Å²) in [7, 11) is 0. The van der Waals surface area contributed by atoms with Crippen LogP contribution in [-0.2, 0) is 12.8 Å². The molecule has 104 valence electrons. The third-order valence-electron chi connectivity index (χ3n) is 4.07. The minimum atomic E-state index is -0.753. The lowest BCUT2D eigenvalue weighted by Crippen LogP contribution is -2.06. The summed E-state index contributed by atoms with van der Waals surface area (Å²) in [5, 5.41) is 10.5. The van der Waals surface area contributed by atoms with Crippen LogP contribution < -0.4 is 0 Å². The summed E-state index contributed by atoms with van der Waals surface area (Å²) in [5.74, 6) is -0.294. The minimum absolute atomic E-state index is 0.294. The van der Waals surface area contributed by atoms with Crippen LogP contribution in [0.3, 0.4) is 0 Å². The summed E-state index contributed by atoms with van der Waals surface area (Å²) < 4.78 is 13.5. The van der Waals surface area contributed by atoms with E-state index < -0.39 is 6.10 Å². The quantitative estimate of drug-likeness (QED) is 0.871. The molecule has 2 heteroatoms. The highest BCUT2D eigenvalue weighted by molar-refractivity contribution is 5.39. The number of halogens is 1. The van der Waals surface area contributed by atoms with Gasteiger partial charge in [-0.05, 0) is 72.6 Å². The highest BCUT2D eigenvalue weighted by Crippen LogP contribution is 2.28. The maximum absolute atomic E-state index is 13.5. The van der Waals surface area contributed by atoms with E-state index in [0.717, 1.165) is 24.0 Å². The first-order valence-electron chi connectivity index (χ1n) is 7.20. The molecule has 1 atom stereocenters. The van der Waals surface area contributed by atoms with Crippen LogP contribution in [0.4, 0.5) is 4.39 Å². The third kappa shape index (κ3) is 2.61. The molecular formula is C18H19FO. The predicted octanol–water partition coefficient (Wildman–Crippen LogP) is 4.09. The Bertz CT molecular complexity index is 613. The maximum atomic E-state index is 13.5. The Hall–Kier alpha value is -1.67. The molecule has 0 spiro atoms. The predicted molar refractivity (Wildman–Crippen MR) is 78.3 cm³/mol. The van der Waals surface area contributed by atoms with E-state index in [2.05, 4.69) is 12.1 Å². The average molecular weight is 270 g/mol. The van der Waals surface area contributed by atoms with Gasteiger partial charge in [0.1, 0.15) is 11.9 Å². The SMILES string of the molecule is Cc1cc(F)cc(C(O)c2ccc3c(c2)CCCC3)c1. The molecule has 0 radical (unpaired) electrons.